The zero-order valence-corrected chi connectivity index (χ0v) is 38.4. The van der Waals surface area contributed by atoms with Gasteiger partial charge in [0.25, 0.3) is 0 Å². The molecular formula is C51H51Cl3SiTi. The van der Waals surface area contributed by atoms with E-state index < -0.39 is 8.07 Å². The summed E-state index contributed by atoms with van der Waals surface area (Å²) in [6.07, 6.45) is 2.82. The summed E-state index contributed by atoms with van der Waals surface area (Å²) in [7, 11) is -2.88. The van der Waals surface area contributed by atoms with E-state index in [-0.39, 0.29) is 42.3 Å². The Morgan fingerprint density at radius 1 is 0.429 bits per heavy atom. The molecule has 1 aliphatic carbocycles. The van der Waals surface area contributed by atoms with Crippen LogP contribution in [0.2, 0.25) is 5.04 Å². The zero-order chi connectivity index (χ0) is 37.3. The number of benzene rings is 6. The number of hydrogen-bond acceptors (Lipinski definition) is 0. The Morgan fingerprint density at radius 3 is 0.982 bits per heavy atom. The van der Waals surface area contributed by atoms with Crippen molar-refractivity contribution in [1.82, 2.24) is 0 Å². The minimum atomic E-state index is -2.88. The van der Waals surface area contributed by atoms with Gasteiger partial charge in [0.05, 0.1) is 0 Å². The van der Waals surface area contributed by atoms with E-state index in [2.05, 4.69) is 214 Å². The SMILES string of the molecule is CC1=C(C)C(C)([Si](c2ccc(Cc3ccccc3)c(C)c2)(c2ccc(Cc3ccccc3)c(C)c2)c2ccc(Cc3ccccc3)c(C)c2)[C]([Ti+3])=C1C.[Cl-].[Cl-].[Cl-]. The van der Waals surface area contributed by atoms with E-state index in [1.165, 1.54) is 86.2 Å². The van der Waals surface area contributed by atoms with Crippen molar-refractivity contribution in [2.45, 2.75) is 72.8 Å². The van der Waals surface area contributed by atoms with Crippen LogP contribution in [0.5, 0.6) is 0 Å². The summed E-state index contributed by atoms with van der Waals surface area (Å²) in [6, 6.07) is 55.4. The zero-order valence-electron chi connectivity index (χ0n) is 33.6. The molecule has 6 aromatic carbocycles. The summed E-state index contributed by atoms with van der Waals surface area (Å²) in [5.41, 5.74) is 16.8. The van der Waals surface area contributed by atoms with Crippen molar-refractivity contribution < 1.29 is 57.7 Å². The number of aryl methyl sites for hydroxylation is 3. The van der Waals surface area contributed by atoms with Crippen LogP contribution in [0.25, 0.3) is 0 Å². The van der Waals surface area contributed by atoms with E-state index in [1.54, 1.807) is 0 Å². The summed E-state index contributed by atoms with van der Waals surface area (Å²) >= 11 is 2.43. The Bertz CT molecular complexity index is 2100. The van der Waals surface area contributed by atoms with Crippen LogP contribution in [-0.4, -0.2) is 8.07 Å². The third kappa shape index (κ3) is 8.28. The minimum Gasteiger partial charge on any atom is -1.00 e. The van der Waals surface area contributed by atoms with Crippen LogP contribution in [0.4, 0.5) is 0 Å². The molecule has 56 heavy (non-hydrogen) atoms. The fraction of sp³-hybridized carbons (Fsp3) is 0.216. The predicted octanol–water partition coefficient (Wildman–Crippen LogP) is 1.80. The summed E-state index contributed by atoms with van der Waals surface area (Å²) in [5.74, 6) is 0. The molecule has 0 fully saturated rings. The number of halogens is 3. The van der Waals surface area contributed by atoms with Gasteiger partial charge in [-0.05, 0) is 0 Å². The molecule has 0 spiro atoms. The van der Waals surface area contributed by atoms with Crippen LogP contribution in [0.15, 0.2) is 166 Å². The van der Waals surface area contributed by atoms with Crippen molar-refractivity contribution in [3.63, 3.8) is 0 Å². The van der Waals surface area contributed by atoms with Gasteiger partial charge in [-0.2, -0.15) is 0 Å². The number of allylic oxidation sites excluding steroid dienone is 4. The molecule has 1 atom stereocenters. The normalized spacial score (nSPS) is 15.2. The molecule has 0 N–H and O–H groups in total. The van der Waals surface area contributed by atoms with E-state index in [9.17, 15) is 0 Å². The maximum absolute atomic E-state index is 2.88. The van der Waals surface area contributed by atoms with Crippen LogP contribution >= 0.6 is 0 Å². The molecule has 0 aromatic heterocycles. The molecule has 0 saturated carbocycles. The van der Waals surface area contributed by atoms with Crippen LogP contribution in [0, 0.1) is 20.8 Å². The number of hydrogen-bond donors (Lipinski definition) is 0. The fourth-order valence-electron chi connectivity index (χ4n) is 9.07. The van der Waals surface area contributed by atoms with Gasteiger partial charge in [0.15, 0.2) is 0 Å². The van der Waals surface area contributed by atoms with Crippen LogP contribution < -0.4 is 52.8 Å². The maximum atomic E-state index is 2.59. The van der Waals surface area contributed by atoms with Crippen molar-refractivity contribution in [2.24, 2.45) is 0 Å². The standard InChI is InChI=1S/C51H51Si.3ClH.Ti/c1-36-29-48(26-23-45(36)32-42-17-11-8-12-18-42)52(51(7)35-39(4)40(5)41(51)6,49-27-24-46(37(2)30-49)33-43-19-13-9-14-20-43)50-28-25-47(38(3)31-50)34-44-21-15-10-16-22-44;;;;/h8-31H,32-34H2,1-7H3;3*1H;/q;;;;+3/p-3. The Labute approximate surface area is 367 Å². The largest absolute Gasteiger partial charge is 1.00 e. The molecule has 5 heteroatoms. The molecule has 1 unspecified atom stereocenters. The monoisotopic (exact) mass is 844 g/mol. The van der Waals surface area contributed by atoms with Crippen molar-refractivity contribution in [1.29, 1.82) is 0 Å². The molecule has 0 nitrogen and oxygen atoms in total. The van der Waals surface area contributed by atoms with Gasteiger partial charge >= 0.3 is 333 Å². The Morgan fingerprint density at radius 2 is 0.732 bits per heavy atom. The third-order valence-corrected chi connectivity index (χ3v) is 20.0. The Balaban J connectivity index is 0.00000232. The second-order valence-corrected chi connectivity index (χ2v) is 20.5. The molecule has 0 aliphatic heterocycles. The summed E-state index contributed by atoms with van der Waals surface area (Å²) in [6.45, 7) is 16.7. The van der Waals surface area contributed by atoms with Crippen LogP contribution in [-0.2, 0) is 39.7 Å². The second kappa shape index (κ2) is 18.9. The molecule has 0 saturated heterocycles. The fourth-order valence-corrected chi connectivity index (χ4v) is 16.9. The maximum Gasteiger partial charge on any atom is -1.00 e. The van der Waals surface area contributed by atoms with Gasteiger partial charge in [-0.25, -0.2) is 0 Å². The van der Waals surface area contributed by atoms with E-state index in [0.29, 0.717) is 0 Å². The molecule has 6 aromatic rings. The van der Waals surface area contributed by atoms with E-state index in [4.69, 9.17) is 0 Å². The second-order valence-electron chi connectivity index (χ2n) is 15.5. The van der Waals surface area contributed by atoms with Crippen LogP contribution in [0.3, 0.4) is 0 Å². The summed E-state index contributed by atoms with van der Waals surface area (Å²) in [5, 5.41) is 4.29. The molecule has 7 rings (SSSR count). The molecule has 0 amide bonds. The molecule has 0 bridgehead atoms. The molecular weight excluding hydrogens is 795 g/mol. The Hall–Kier alpha value is -3.40. The average Bonchev–Trinajstić information content (AvgIpc) is 3.32. The van der Waals surface area contributed by atoms with Gasteiger partial charge in [0.1, 0.15) is 0 Å². The van der Waals surface area contributed by atoms with E-state index in [1.807, 2.05) is 0 Å². The van der Waals surface area contributed by atoms with Gasteiger partial charge in [-0.15, -0.1) is 0 Å². The van der Waals surface area contributed by atoms with Crippen molar-refractivity contribution in [3.8, 4) is 0 Å². The number of rotatable bonds is 10. The molecule has 0 heterocycles. The Kier molecular flexibility index (Phi) is 15.3. The van der Waals surface area contributed by atoms with Gasteiger partial charge in [-0.1, -0.05) is 0 Å². The molecule has 0 radical (unpaired) electrons. The van der Waals surface area contributed by atoms with Crippen molar-refractivity contribution >= 4 is 23.6 Å². The van der Waals surface area contributed by atoms with Gasteiger partial charge in [0, 0.05) is 0 Å². The topological polar surface area (TPSA) is 0 Å². The third-order valence-electron chi connectivity index (χ3n) is 12.5. The average molecular weight is 846 g/mol. The summed E-state index contributed by atoms with van der Waals surface area (Å²) < 4.78 is 1.52. The van der Waals surface area contributed by atoms with Crippen molar-refractivity contribution in [2.75, 3.05) is 0 Å². The first-order valence-corrected chi connectivity index (χ1v) is 21.8. The van der Waals surface area contributed by atoms with Crippen LogP contribution in [0.1, 0.15) is 77.8 Å². The van der Waals surface area contributed by atoms with Gasteiger partial charge in [-0.3, -0.25) is 0 Å². The molecule has 1 aliphatic rings. The first-order chi connectivity index (χ1) is 25.5. The van der Waals surface area contributed by atoms with E-state index in [0.717, 1.165) is 19.3 Å². The molecule has 284 valence electrons. The quantitative estimate of drug-likeness (QED) is 0.146. The smallest absolute Gasteiger partial charge is 1.00 e. The van der Waals surface area contributed by atoms with E-state index >= 15 is 0 Å². The first-order valence-electron chi connectivity index (χ1n) is 19.1. The first kappa shape index (κ1) is 45.3. The minimum absolute atomic E-state index is 0. The predicted molar refractivity (Wildman–Crippen MR) is 225 cm³/mol. The van der Waals surface area contributed by atoms with Crippen molar-refractivity contribution in [3.05, 3.63) is 216 Å². The van der Waals surface area contributed by atoms with Gasteiger partial charge < -0.3 is 37.2 Å². The summed E-state index contributed by atoms with van der Waals surface area (Å²) in [4.78, 5) is 0. The van der Waals surface area contributed by atoms with Gasteiger partial charge in [0.2, 0.25) is 0 Å².